The van der Waals surface area contributed by atoms with Gasteiger partial charge in [0.05, 0.1) is 0 Å². The third-order valence-corrected chi connectivity index (χ3v) is 4.82. The Kier molecular flexibility index (Phi) is 3.78. The summed E-state index contributed by atoms with van der Waals surface area (Å²) in [4.78, 5) is 27.0. The summed E-state index contributed by atoms with van der Waals surface area (Å²) in [7, 11) is 0. The summed E-state index contributed by atoms with van der Waals surface area (Å²) in [5, 5.41) is 2.92. The van der Waals surface area contributed by atoms with E-state index in [-0.39, 0.29) is 17.9 Å². The van der Waals surface area contributed by atoms with Gasteiger partial charge in [-0.3, -0.25) is 14.5 Å². The van der Waals surface area contributed by atoms with Crippen LogP contribution < -0.4 is 10.2 Å². The van der Waals surface area contributed by atoms with Crippen LogP contribution in [0.25, 0.3) is 0 Å². The van der Waals surface area contributed by atoms with Crippen molar-refractivity contribution < 1.29 is 9.59 Å². The van der Waals surface area contributed by atoms with Crippen LogP contribution in [0.2, 0.25) is 0 Å². The largest absolute Gasteiger partial charge is 0.342 e. The fourth-order valence-electron chi connectivity index (χ4n) is 2.98. The summed E-state index contributed by atoms with van der Waals surface area (Å²) in [5.74, 6) is 0.313. The van der Waals surface area contributed by atoms with Crippen molar-refractivity contribution in [2.45, 2.75) is 45.2 Å². The number of carbonyl (C=O) groups is 2. The van der Waals surface area contributed by atoms with Gasteiger partial charge in [-0.05, 0) is 49.8 Å². The van der Waals surface area contributed by atoms with Crippen LogP contribution in [0.5, 0.6) is 0 Å². The lowest BCUT2D eigenvalue weighted by Crippen LogP contribution is -2.64. The first-order chi connectivity index (χ1) is 10.0. The Hall–Kier alpha value is -1.36. The zero-order valence-electron chi connectivity index (χ0n) is 12.2. The zero-order valence-corrected chi connectivity index (χ0v) is 13.8. The van der Waals surface area contributed by atoms with Crippen molar-refractivity contribution in [1.29, 1.82) is 0 Å². The van der Waals surface area contributed by atoms with Gasteiger partial charge in [-0.1, -0.05) is 28.9 Å². The third kappa shape index (κ3) is 2.59. The minimum absolute atomic E-state index is 0.0325. The van der Waals surface area contributed by atoms with Crippen LogP contribution in [0.15, 0.2) is 22.7 Å². The molecule has 2 aliphatic rings. The third-order valence-electron chi connectivity index (χ3n) is 4.33. The second kappa shape index (κ2) is 5.44. The lowest BCUT2D eigenvalue weighted by Gasteiger charge is -2.39. The van der Waals surface area contributed by atoms with Crippen LogP contribution >= 0.6 is 15.9 Å². The number of anilines is 1. The van der Waals surface area contributed by atoms with Gasteiger partial charge in [-0.15, -0.1) is 0 Å². The van der Waals surface area contributed by atoms with Gasteiger partial charge in [0.15, 0.2) is 0 Å². The number of amides is 2. The Labute approximate surface area is 133 Å². The number of carbonyl (C=O) groups excluding carboxylic acids is 2. The van der Waals surface area contributed by atoms with Crippen molar-refractivity contribution >= 4 is 33.4 Å². The lowest BCUT2D eigenvalue weighted by molar-refractivity contribution is -0.134. The number of nitrogens with one attached hydrogen (secondary N) is 1. The Bertz CT molecular complexity index is 598. The molecule has 5 heteroatoms. The molecule has 2 fully saturated rings. The van der Waals surface area contributed by atoms with E-state index in [9.17, 15) is 9.59 Å². The minimum atomic E-state index is -0.416. The van der Waals surface area contributed by atoms with Crippen molar-refractivity contribution in [2.24, 2.45) is 5.92 Å². The van der Waals surface area contributed by atoms with Crippen LogP contribution in [0.3, 0.4) is 0 Å². The van der Waals surface area contributed by atoms with Crippen molar-refractivity contribution in [1.82, 2.24) is 5.32 Å². The first-order valence-electron chi connectivity index (χ1n) is 7.42. The van der Waals surface area contributed by atoms with Crippen LogP contribution in [0.1, 0.15) is 31.7 Å². The molecule has 3 rings (SSSR count). The number of nitrogens with zero attached hydrogens (tertiary/aromatic N) is 1. The average Bonchev–Trinajstić information content (AvgIpc) is 3.28. The molecule has 1 saturated carbocycles. The molecule has 0 radical (unpaired) electrons. The maximum Gasteiger partial charge on any atom is 0.250 e. The van der Waals surface area contributed by atoms with Gasteiger partial charge in [0, 0.05) is 10.2 Å². The number of rotatable bonds is 3. The highest BCUT2D eigenvalue weighted by molar-refractivity contribution is 9.10. The fraction of sp³-hybridized carbons (Fsp3) is 0.500. The molecule has 2 atom stereocenters. The van der Waals surface area contributed by atoms with Gasteiger partial charge < -0.3 is 5.32 Å². The molecular formula is C16H19BrN2O2. The highest BCUT2D eigenvalue weighted by Crippen LogP contribution is 2.37. The molecule has 1 aliphatic carbocycles. The van der Waals surface area contributed by atoms with Gasteiger partial charge in [0.2, 0.25) is 5.91 Å². The molecule has 0 aromatic heterocycles. The highest BCUT2D eigenvalue weighted by Gasteiger charge is 2.47. The van der Waals surface area contributed by atoms with Crippen LogP contribution in [0.4, 0.5) is 5.69 Å². The number of aryl methyl sites for hydroxylation is 1. The minimum Gasteiger partial charge on any atom is -0.342 e. The molecule has 1 aliphatic heterocycles. The van der Waals surface area contributed by atoms with E-state index in [0.29, 0.717) is 12.3 Å². The maximum absolute atomic E-state index is 12.9. The molecule has 112 valence electrons. The maximum atomic E-state index is 12.9. The van der Waals surface area contributed by atoms with Gasteiger partial charge in [0.1, 0.15) is 12.1 Å². The second-order valence-electron chi connectivity index (χ2n) is 5.89. The van der Waals surface area contributed by atoms with Crippen LogP contribution in [0, 0.1) is 12.8 Å². The molecule has 21 heavy (non-hydrogen) atoms. The number of halogens is 1. The first kappa shape index (κ1) is 14.6. The SMILES string of the molecule is CCC1C(=O)NC(C2CC2)C(=O)N1c1cc(Br)ccc1C. The normalized spacial score (nSPS) is 26.0. The number of hydrogen-bond acceptors (Lipinski definition) is 2. The monoisotopic (exact) mass is 350 g/mol. The second-order valence-corrected chi connectivity index (χ2v) is 6.80. The smallest absolute Gasteiger partial charge is 0.250 e. The summed E-state index contributed by atoms with van der Waals surface area (Å²) < 4.78 is 0.916. The quantitative estimate of drug-likeness (QED) is 0.911. The Balaban J connectivity index is 2.03. The predicted molar refractivity (Wildman–Crippen MR) is 85.1 cm³/mol. The van der Waals surface area contributed by atoms with Crippen molar-refractivity contribution in [3.63, 3.8) is 0 Å². The van der Waals surface area contributed by atoms with E-state index < -0.39 is 6.04 Å². The van der Waals surface area contributed by atoms with Crippen LogP contribution in [-0.2, 0) is 9.59 Å². The summed E-state index contributed by atoms with van der Waals surface area (Å²) >= 11 is 3.46. The van der Waals surface area contributed by atoms with Crippen molar-refractivity contribution in [2.75, 3.05) is 4.90 Å². The number of piperazine rings is 1. The van der Waals surface area contributed by atoms with Crippen LogP contribution in [-0.4, -0.2) is 23.9 Å². The standard InChI is InChI=1S/C16H19BrN2O2/c1-3-12-15(20)18-14(10-5-6-10)16(21)19(12)13-8-11(17)7-4-9(13)2/h4,7-8,10,12,14H,3,5-6H2,1-2H3,(H,18,20). The highest BCUT2D eigenvalue weighted by atomic mass is 79.9. The Morgan fingerprint density at radius 3 is 2.67 bits per heavy atom. The average molecular weight is 351 g/mol. The van der Waals surface area contributed by atoms with E-state index in [2.05, 4.69) is 21.2 Å². The molecule has 2 unspecified atom stereocenters. The molecule has 1 aromatic rings. The van der Waals surface area contributed by atoms with Gasteiger partial charge in [-0.25, -0.2) is 0 Å². The summed E-state index contributed by atoms with van der Waals surface area (Å²) in [6.45, 7) is 3.91. The number of benzene rings is 1. The molecule has 1 aromatic carbocycles. The Morgan fingerprint density at radius 1 is 1.33 bits per heavy atom. The van der Waals surface area contributed by atoms with E-state index in [1.54, 1.807) is 4.90 Å². The molecule has 0 spiro atoms. The van der Waals surface area contributed by atoms with Gasteiger partial charge >= 0.3 is 0 Å². The molecule has 1 N–H and O–H groups in total. The molecule has 2 amide bonds. The van der Waals surface area contributed by atoms with Crippen molar-refractivity contribution in [3.05, 3.63) is 28.2 Å². The lowest BCUT2D eigenvalue weighted by atomic mass is 9.99. The van der Waals surface area contributed by atoms with E-state index in [0.717, 1.165) is 28.6 Å². The Morgan fingerprint density at radius 2 is 2.05 bits per heavy atom. The van der Waals surface area contributed by atoms with Gasteiger partial charge in [-0.2, -0.15) is 0 Å². The molecule has 0 bridgehead atoms. The molecular weight excluding hydrogens is 332 g/mol. The fourth-order valence-corrected chi connectivity index (χ4v) is 3.33. The molecule has 4 nitrogen and oxygen atoms in total. The van der Waals surface area contributed by atoms with E-state index in [1.807, 2.05) is 32.0 Å². The van der Waals surface area contributed by atoms with Gasteiger partial charge in [0.25, 0.3) is 5.91 Å². The predicted octanol–water partition coefficient (Wildman–Crippen LogP) is 2.78. The van der Waals surface area contributed by atoms with Crippen molar-refractivity contribution in [3.8, 4) is 0 Å². The van der Waals surface area contributed by atoms with E-state index >= 15 is 0 Å². The first-order valence-corrected chi connectivity index (χ1v) is 8.21. The topological polar surface area (TPSA) is 49.4 Å². The number of hydrogen-bond donors (Lipinski definition) is 1. The summed E-state index contributed by atoms with van der Waals surface area (Å²) in [5.41, 5.74) is 1.84. The van der Waals surface area contributed by atoms with E-state index in [1.165, 1.54) is 0 Å². The summed E-state index contributed by atoms with van der Waals surface area (Å²) in [6.07, 6.45) is 2.67. The summed E-state index contributed by atoms with van der Waals surface area (Å²) in [6, 6.07) is 5.09. The molecule has 1 heterocycles. The molecule has 1 saturated heterocycles. The van der Waals surface area contributed by atoms with E-state index in [4.69, 9.17) is 0 Å². The zero-order chi connectivity index (χ0) is 15.1.